The SMILES string of the molecule is CC(C)c1nnc(NC(=O)c2ccc(S(=O)(=O)C(F)F)cc2)s1. The molecule has 2 rings (SSSR count). The van der Waals surface area contributed by atoms with E-state index in [9.17, 15) is 22.0 Å². The monoisotopic (exact) mass is 361 g/mol. The Morgan fingerprint density at radius 1 is 1.17 bits per heavy atom. The first-order valence-corrected chi connectivity index (χ1v) is 8.85. The fourth-order valence-corrected chi connectivity index (χ4v) is 3.05. The Balaban J connectivity index is 2.14. The molecular weight excluding hydrogens is 348 g/mol. The Hall–Kier alpha value is -1.94. The fraction of sp³-hybridized carbons (Fsp3) is 0.308. The molecule has 0 aliphatic carbocycles. The topological polar surface area (TPSA) is 89.0 Å². The molecule has 23 heavy (non-hydrogen) atoms. The number of nitrogens with zero attached hydrogens (tertiary/aromatic N) is 2. The summed E-state index contributed by atoms with van der Waals surface area (Å²) in [7, 11) is -4.67. The zero-order valence-corrected chi connectivity index (χ0v) is 13.8. The average molecular weight is 361 g/mol. The van der Waals surface area contributed by atoms with E-state index in [0.29, 0.717) is 5.13 Å². The van der Waals surface area contributed by atoms with Crippen molar-refractivity contribution in [1.82, 2.24) is 10.2 Å². The molecule has 0 saturated carbocycles. The van der Waals surface area contributed by atoms with E-state index in [0.717, 1.165) is 29.3 Å². The number of hydrogen-bond acceptors (Lipinski definition) is 6. The number of carbonyl (C=O) groups excluding carboxylic acids is 1. The van der Waals surface area contributed by atoms with Crippen molar-refractivity contribution in [2.75, 3.05) is 5.32 Å². The lowest BCUT2D eigenvalue weighted by Gasteiger charge is -2.05. The summed E-state index contributed by atoms with van der Waals surface area (Å²) in [6.45, 7) is 3.88. The molecule has 0 unspecified atom stereocenters. The number of hydrogen-bond donors (Lipinski definition) is 1. The maximum absolute atomic E-state index is 12.4. The fourth-order valence-electron chi connectivity index (χ4n) is 1.59. The zero-order chi connectivity index (χ0) is 17.2. The van der Waals surface area contributed by atoms with Crippen LogP contribution in [0.4, 0.5) is 13.9 Å². The van der Waals surface area contributed by atoms with Crippen LogP contribution in [0.3, 0.4) is 0 Å². The lowest BCUT2D eigenvalue weighted by molar-refractivity contribution is 0.102. The van der Waals surface area contributed by atoms with Crippen LogP contribution in [0.1, 0.15) is 35.1 Å². The number of anilines is 1. The molecule has 10 heteroatoms. The number of sulfone groups is 1. The third-order valence-corrected chi connectivity index (χ3v) is 5.37. The van der Waals surface area contributed by atoms with Crippen molar-refractivity contribution < 1.29 is 22.0 Å². The van der Waals surface area contributed by atoms with Crippen LogP contribution >= 0.6 is 11.3 Å². The van der Waals surface area contributed by atoms with Crippen molar-refractivity contribution in [1.29, 1.82) is 0 Å². The Labute approximate surface area is 135 Å². The van der Waals surface area contributed by atoms with Gasteiger partial charge in [0.15, 0.2) is 0 Å². The maximum atomic E-state index is 12.4. The van der Waals surface area contributed by atoms with Crippen molar-refractivity contribution in [3.8, 4) is 0 Å². The van der Waals surface area contributed by atoms with Gasteiger partial charge in [-0.15, -0.1) is 10.2 Å². The highest BCUT2D eigenvalue weighted by atomic mass is 32.2. The Morgan fingerprint density at radius 2 is 1.78 bits per heavy atom. The van der Waals surface area contributed by atoms with E-state index in [1.54, 1.807) is 0 Å². The van der Waals surface area contributed by atoms with E-state index in [2.05, 4.69) is 15.5 Å². The van der Waals surface area contributed by atoms with Gasteiger partial charge >= 0.3 is 5.76 Å². The van der Waals surface area contributed by atoms with Crippen molar-refractivity contribution in [2.24, 2.45) is 0 Å². The summed E-state index contributed by atoms with van der Waals surface area (Å²) in [4.78, 5) is 11.5. The van der Waals surface area contributed by atoms with Crippen LogP contribution in [0, 0.1) is 0 Å². The van der Waals surface area contributed by atoms with E-state index in [4.69, 9.17) is 0 Å². The number of benzene rings is 1. The third-order valence-electron chi connectivity index (χ3n) is 2.83. The first-order chi connectivity index (χ1) is 10.7. The van der Waals surface area contributed by atoms with Crippen molar-refractivity contribution in [3.05, 3.63) is 34.8 Å². The highest BCUT2D eigenvalue weighted by Gasteiger charge is 2.26. The van der Waals surface area contributed by atoms with E-state index in [1.807, 2.05) is 13.8 Å². The van der Waals surface area contributed by atoms with Gasteiger partial charge < -0.3 is 0 Å². The summed E-state index contributed by atoms with van der Waals surface area (Å²) in [5, 5.41) is 11.3. The lowest BCUT2D eigenvalue weighted by Crippen LogP contribution is -2.14. The summed E-state index contributed by atoms with van der Waals surface area (Å²) in [5.41, 5.74) is 0.125. The van der Waals surface area contributed by atoms with Crippen LogP contribution in [0.15, 0.2) is 29.2 Å². The number of amides is 1. The molecule has 124 valence electrons. The largest absolute Gasteiger partial charge is 0.341 e. The molecule has 1 aromatic carbocycles. The quantitative estimate of drug-likeness (QED) is 0.884. The first kappa shape index (κ1) is 17.4. The van der Waals surface area contributed by atoms with Crippen LogP contribution in [0.2, 0.25) is 0 Å². The van der Waals surface area contributed by atoms with Crippen LogP contribution in [0.5, 0.6) is 0 Å². The molecule has 1 amide bonds. The normalized spacial score (nSPS) is 11.9. The molecule has 1 N–H and O–H groups in total. The van der Waals surface area contributed by atoms with E-state index < -0.39 is 26.4 Å². The van der Waals surface area contributed by atoms with Crippen molar-refractivity contribution >= 4 is 32.2 Å². The second kappa shape index (κ2) is 6.67. The lowest BCUT2D eigenvalue weighted by atomic mass is 10.2. The summed E-state index contributed by atoms with van der Waals surface area (Å²) < 4.78 is 47.5. The highest BCUT2D eigenvalue weighted by Crippen LogP contribution is 2.23. The summed E-state index contributed by atoms with van der Waals surface area (Å²) in [5.74, 6) is -3.85. The minimum Gasteiger partial charge on any atom is -0.296 e. The van der Waals surface area contributed by atoms with Gasteiger partial charge in [-0.1, -0.05) is 25.2 Å². The second-order valence-corrected chi connectivity index (χ2v) is 7.81. The number of halogens is 2. The maximum Gasteiger partial charge on any atom is 0.341 e. The number of alkyl halides is 2. The third kappa shape index (κ3) is 3.88. The molecule has 0 saturated heterocycles. The molecule has 0 radical (unpaired) electrons. The predicted octanol–water partition coefficient (Wildman–Crippen LogP) is 2.91. The predicted molar refractivity (Wildman–Crippen MR) is 81.6 cm³/mol. The Bertz CT molecular complexity index is 802. The summed E-state index contributed by atoms with van der Waals surface area (Å²) in [6.07, 6.45) is 0. The van der Waals surface area contributed by atoms with Crippen molar-refractivity contribution in [3.63, 3.8) is 0 Å². The van der Waals surface area contributed by atoms with Gasteiger partial charge in [0, 0.05) is 11.5 Å². The van der Waals surface area contributed by atoms with Crippen molar-refractivity contribution in [2.45, 2.75) is 30.4 Å². The second-order valence-electron chi connectivity index (χ2n) is 4.88. The van der Waals surface area contributed by atoms with Gasteiger partial charge in [0.1, 0.15) is 5.01 Å². The number of carbonyl (C=O) groups is 1. The molecule has 0 aliphatic heterocycles. The van der Waals surface area contributed by atoms with Gasteiger partial charge in [-0.05, 0) is 24.3 Å². The first-order valence-electron chi connectivity index (χ1n) is 6.48. The van der Waals surface area contributed by atoms with E-state index >= 15 is 0 Å². The highest BCUT2D eigenvalue weighted by molar-refractivity contribution is 7.91. The minimum atomic E-state index is -4.67. The van der Waals surface area contributed by atoms with Crippen LogP contribution in [-0.2, 0) is 9.84 Å². The van der Waals surface area contributed by atoms with Crippen LogP contribution in [-0.4, -0.2) is 30.3 Å². The van der Waals surface area contributed by atoms with E-state index in [-0.39, 0.29) is 11.5 Å². The molecule has 0 aliphatic rings. The molecule has 0 atom stereocenters. The molecule has 0 fully saturated rings. The smallest absolute Gasteiger partial charge is 0.296 e. The van der Waals surface area contributed by atoms with Gasteiger partial charge in [0.25, 0.3) is 5.91 Å². The Kier molecular flexibility index (Phi) is 5.05. The minimum absolute atomic E-state index is 0.125. The molecule has 0 spiro atoms. The van der Waals surface area contributed by atoms with Gasteiger partial charge in [0.05, 0.1) is 4.90 Å². The Morgan fingerprint density at radius 3 is 2.26 bits per heavy atom. The standard InChI is InChI=1S/C13H13F2N3O3S2/c1-7(2)11-17-18-13(22-11)16-10(19)8-3-5-9(6-4-8)23(20,21)12(14)15/h3-7,12H,1-2H3,(H,16,18,19). The van der Waals surface area contributed by atoms with Gasteiger partial charge in [-0.2, -0.15) is 8.78 Å². The molecule has 2 aromatic rings. The summed E-state index contributed by atoms with van der Waals surface area (Å²) >= 11 is 1.23. The van der Waals surface area contributed by atoms with Crippen LogP contribution in [0.25, 0.3) is 0 Å². The van der Waals surface area contributed by atoms with Crippen LogP contribution < -0.4 is 5.32 Å². The average Bonchev–Trinajstić information content (AvgIpc) is 2.96. The molecule has 1 heterocycles. The van der Waals surface area contributed by atoms with E-state index in [1.165, 1.54) is 11.3 Å². The van der Waals surface area contributed by atoms with Gasteiger partial charge in [0.2, 0.25) is 15.0 Å². The number of aromatic nitrogens is 2. The molecule has 6 nitrogen and oxygen atoms in total. The number of rotatable bonds is 5. The molecular formula is C13H13F2N3O3S2. The van der Waals surface area contributed by atoms with Gasteiger partial charge in [-0.25, -0.2) is 8.42 Å². The molecule has 1 aromatic heterocycles. The molecule has 0 bridgehead atoms. The van der Waals surface area contributed by atoms with Gasteiger partial charge in [-0.3, -0.25) is 10.1 Å². The number of nitrogens with one attached hydrogen (secondary N) is 1. The zero-order valence-electron chi connectivity index (χ0n) is 12.2. The summed E-state index contributed by atoms with van der Waals surface area (Å²) in [6, 6.07) is 4.26.